The predicted molar refractivity (Wildman–Crippen MR) is 178 cm³/mol. The number of hydrogen-bond donors (Lipinski definition) is 3. The maximum absolute atomic E-state index is 14.9. The van der Waals surface area contributed by atoms with Crippen LogP contribution in [0.4, 0.5) is 0 Å². The Morgan fingerprint density at radius 2 is 1.60 bits per heavy atom. The number of unbranched alkanes of at least 4 members (excludes halogenated alkanes) is 8. The molecule has 2 bridgehead atoms. The number of carbonyl (C=O) groups excluding carboxylic acids is 3. The number of hydrogen-bond acceptors (Lipinski definition) is 8. The topological polar surface area (TPSA) is 130 Å². The second kappa shape index (κ2) is 13.6. The van der Waals surface area contributed by atoms with Crippen molar-refractivity contribution in [1.82, 2.24) is 0 Å². The molecule has 0 aromatic heterocycles. The number of esters is 2. The molecule has 0 amide bonds. The average Bonchev–Trinajstić information content (AvgIpc) is 3.44. The van der Waals surface area contributed by atoms with Crippen molar-refractivity contribution in [2.24, 2.45) is 28.6 Å². The van der Waals surface area contributed by atoms with E-state index in [1.54, 1.807) is 49.4 Å². The van der Waals surface area contributed by atoms with Crippen molar-refractivity contribution in [3.8, 4) is 0 Å². The van der Waals surface area contributed by atoms with Crippen molar-refractivity contribution in [2.75, 3.05) is 6.61 Å². The zero-order valence-corrected chi connectivity index (χ0v) is 28.8. The normalized spacial score (nSPS) is 35.1. The van der Waals surface area contributed by atoms with Crippen LogP contribution in [0.5, 0.6) is 0 Å². The molecule has 4 aliphatic carbocycles. The van der Waals surface area contributed by atoms with E-state index in [1.165, 1.54) is 38.5 Å². The highest BCUT2D eigenvalue weighted by Crippen LogP contribution is 2.75. The highest BCUT2D eigenvalue weighted by Gasteiger charge is 2.83. The van der Waals surface area contributed by atoms with Crippen molar-refractivity contribution in [2.45, 2.75) is 129 Å². The van der Waals surface area contributed by atoms with Crippen molar-refractivity contribution in [3.05, 3.63) is 59.2 Å². The lowest BCUT2D eigenvalue weighted by Gasteiger charge is -2.49. The van der Waals surface area contributed by atoms with Gasteiger partial charge in [-0.15, -0.1) is 0 Å². The summed E-state index contributed by atoms with van der Waals surface area (Å²) in [5, 5.41) is 35.0. The van der Waals surface area contributed by atoms with E-state index in [2.05, 4.69) is 6.92 Å². The molecule has 1 spiro atoms. The minimum absolute atomic E-state index is 0.0864. The molecule has 0 saturated heterocycles. The first-order chi connectivity index (χ1) is 22.3. The zero-order valence-electron chi connectivity index (χ0n) is 28.8. The number of ether oxygens (including phenoxy) is 2. The van der Waals surface area contributed by atoms with Crippen LogP contribution in [-0.2, 0) is 19.1 Å². The minimum atomic E-state index is -2.29. The Kier molecular flexibility index (Phi) is 10.3. The highest BCUT2D eigenvalue weighted by atomic mass is 16.6. The fourth-order valence-electron chi connectivity index (χ4n) is 9.48. The van der Waals surface area contributed by atoms with Gasteiger partial charge in [0.05, 0.1) is 17.6 Å². The fourth-order valence-corrected chi connectivity index (χ4v) is 9.48. The van der Waals surface area contributed by atoms with Gasteiger partial charge in [-0.3, -0.25) is 9.59 Å². The van der Waals surface area contributed by atoms with Crippen LogP contribution in [0.1, 0.15) is 116 Å². The van der Waals surface area contributed by atoms with Crippen molar-refractivity contribution in [1.29, 1.82) is 0 Å². The molecule has 8 heteroatoms. The maximum atomic E-state index is 14.9. The summed E-state index contributed by atoms with van der Waals surface area (Å²) in [6.07, 6.45) is 11.1. The lowest BCUT2D eigenvalue weighted by molar-refractivity contribution is -0.192. The lowest BCUT2D eigenvalue weighted by atomic mass is 9.59. The smallest absolute Gasteiger partial charge is 0.338 e. The Labute approximate surface area is 279 Å². The van der Waals surface area contributed by atoms with Crippen LogP contribution >= 0.6 is 0 Å². The number of fused-ring (bicyclic) bond motifs is 3. The molecule has 2 unspecified atom stereocenters. The van der Waals surface area contributed by atoms with Crippen LogP contribution < -0.4 is 0 Å². The number of allylic oxidation sites excluding steroid dienone is 1. The summed E-state index contributed by atoms with van der Waals surface area (Å²) in [6, 6.07) is 8.35. The zero-order chi connectivity index (χ0) is 34.2. The van der Waals surface area contributed by atoms with E-state index in [9.17, 15) is 29.7 Å². The van der Waals surface area contributed by atoms with Crippen LogP contribution in [0.15, 0.2) is 53.6 Å². The molecule has 3 N–H and O–H groups in total. The number of benzene rings is 1. The lowest BCUT2D eigenvalue weighted by Crippen LogP contribution is -2.66. The van der Waals surface area contributed by atoms with Gasteiger partial charge in [0, 0.05) is 23.7 Å². The third kappa shape index (κ3) is 5.72. The first-order valence-corrected chi connectivity index (χ1v) is 17.8. The molecule has 1 aromatic rings. The quantitative estimate of drug-likeness (QED) is 0.122. The van der Waals surface area contributed by atoms with Crippen LogP contribution in [0.3, 0.4) is 0 Å². The first kappa shape index (κ1) is 35.5. The van der Waals surface area contributed by atoms with Gasteiger partial charge in [0.2, 0.25) is 0 Å². The summed E-state index contributed by atoms with van der Waals surface area (Å²) in [6.45, 7) is 9.14. The van der Waals surface area contributed by atoms with Crippen LogP contribution in [-0.4, -0.2) is 63.1 Å². The number of Topliss-reactive ketones (excluding diaryl/α,β-unsaturated/α-hetero) is 1. The molecule has 1 aromatic carbocycles. The number of aliphatic hydroxyl groups is 3. The van der Waals surface area contributed by atoms with E-state index in [4.69, 9.17) is 9.47 Å². The van der Waals surface area contributed by atoms with Gasteiger partial charge in [0.15, 0.2) is 17.5 Å². The van der Waals surface area contributed by atoms with E-state index in [0.29, 0.717) is 12.0 Å². The SMILES string of the molecule is CCCCCCCCCCCC(=O)O[C@@]12CC(C)C34C=C(C)[C@H](OC(=O)c5ccccc5)[C@@]3(O)[C@H](O)C(CO)=C[C@H](C4=O)[C@@H]1C2(C)C. The van der Waals surface area contributed by atoms with Gasteiger partial charge in [-0.1, -0.05) is 109 Å². The van der Waals surface area contributed by atoms with Gasteiger partial charge in [0.1, 0.15) is 11.7 Å². The van der Waals surface area contributed by atoms with Gasteiger partial charge in [-0.05, 0) is 49.0 Å². The molecule has 0 aliphatic heterocycles. The van der Waals surface area contributed by atoms with Crippen molar-refractivity contribution < 1.29 is 39.2 Å². The van der Waals surface area contributed by atoms with E-state index in [1.807, 2.05) is 20.8 Å². The Morgan fingerprint density at radius 1 is 0.979 bits per heavy atom. The fraction of sp³-hybridized carbons (Fsp3) is 0.667. The van der Waals surface area contributed by atoms with Crippen LogP contribution in [0.25, 0.3) is 0 Å². The number of carbonyl (C=O) groups is 3. The van der Waals surface area contributed by atoms with Crippen molar-refractivity contribution >= 4 is 17.7 Å². The molecule has 2 fully saturated rings. The summed E-state index contributed by atoms with van der Waals surface area (Å²) in [7, 11) is 0. The van der Waals surface area contributed by atoms with Gasteiger partial charge in [0.25, 0.3) is 0 Å². The van der Waals surface area contributed by atoms with E-state index < -0.39 is 64.6 Å². The van der Waals surface area contributed by atoms with Gasteiger partial charge in [-0.25, -0.2) is 4.79 Å². The number of rotatable bonds is 14. The monoisotopic (exact) mass is 650 g/mol. The Morgan fingerprint density at radius 3 is 2.21 bits per heavy atom. The first-order valence-electron chi connectivity index (χ1n) is 17.8. The largest absolute Gasteiger partial charge is 0.458 e. The van der Waals surface area contributed by atoms with E-state index in [-0.39, 0.29) is 29.3 Å². The number of ketones is 1. The molecular formula is C39H54O8. The van der Waals surface area contributed by atoms with E-state index >= 15 is 0 Å². The molecule has 258 valence electrons. The molecular weight excluding hydrogens is 596 g/mol. The maximum Gasteiger partial charge on any atom is 0.338 e. The van der Waals surface area contributed by atoms with E-state index in [0.717, 1.165) is 19.3 Å². The summed E-state index contributed by atoms with van der Waals surface area (Å²) in [5.74, 6) is -3.16. The third-order valence-corrected chi connectivity index (χ3v) is 12.0. The molecule has 8 atom stereocenters. The summed E-state index contributed by atoms with van der Waals surface area (Å²) in [5.41, 5.74) is -4.67. The molecule has 47 heavy (non-hydrogen) atoms. The Bertz CT molecular complexity index is 1400. The van der Waals surface area contributed by atoms with Gasteiger partial charge >= 0.3 is 11.9 Å². The standard InChI is InChI=1S/C39H54O8/c1-6-7-8-9-10-11-12-13-17-20-30(41)47-38-23-26(3)37-22-25(2)34(46-35(44)27-18-15-14-16-19-27)39(37,45)32(42)28(24-40)21-29(33(37)43)31(38)36(38,4)5/h14-16,18-19,21-22,26,29,31-32,34,40,42,45H,6-13,17,20,23-24H2,1-5H3/t26?,29-,31+,32+,34-,37?,38-,39-/m0/s1. The molecule has 8 nitrogen and oxygen atoms in total. The molecule has 4 aliphatic rings. The summed E-state index contributed by atoms with van der Waals surface area (Å²) in [4.78, 5) is 41.6. The minimum Gasteiger partial charge on any atom is -0.458 e. The molecule has 0 heterocycles. The highest BCUT2D eigenvalue weighted by molar-refractivity contribution is 5.96. The Balaban J connectivity index is 1.40. The van der Waals surface area contributed by atoms with Crippen molar-refractivity contribution in [3.63, 3.8) is 0 Å². The average molecular weight is 651 g/mol. The van der Waals surface area contributed by atoms with Crippen LogP contribution in [0.2, 0.25) is 0 Å². The summed E-state index contributed by atoms with van der Waals surface area (Å²) < 4.78 is 12.3. The number of aliphatic hydroxyl groups excluding tert-OH is 2. The second-order valence-corrected chi connectivity index (χ2v) is 15.2. The molecule has 0 radical (unpaired) electrons. The second-order valence-electron chi connectivity index (χ2n) is 15.2. The predicted octanol–water partition coefficient (Wildman–Crippen LogP) is 6.27. The molecule has 5 rings (SSSR count). The van der Waals surface area contributed by atoms with Gasteiger partial charge < -0.3 is 24.8 Å². The Hall–Kier alpha value is -2.81. The third-order valence-electron chi connectivity index (χ3n) is 12.0. The molecule has 2 saturated carbocycles. The van der Waals surface area contributed by atoms with Crippen LogP contribution in [0, 0.1) is 28.6 Å². The summed E-state index contributed by atoms with van der Waals surface area (Å²) >= 11 is 0. The van der Waals surface area contributed by atoms with Gasteiger partial charge in [-0.2, -0.15) is 0 Å².